The minimum Gasteiger partial charge on any atom is -0.494 e. The summed E-state index contributed by atoms with van der Waals surface area (Å²) in [5.41, 5.74) is -0.145. The van der Waals surface area contributed by atoms with E-state index in [-0.39, 0.29) is 11.7 Å². The van der Waals surface area contributed by atoms with Crippen LogP contribution in [-0.4, -0.2) is 25.9 Å². The molecule has 1 aliphatic carbocycles. The van der Waals surface area contributed by atoms with Crippen molar-refractivity contribution >= 4 is 0 Å². The highest BCUT2D eigenvalue weighted by atomic mass is 16.6. The quantitative estimate of drug-likeness (QED) is 0.581. The van der Waals surface area contributed by atoms with Gasteiger partial charge in [-0.2, -0.15) is 0 Å². The summed E-state index contributed by atoms with van der Waals surface area (Å²) in [7, 11) is 3.26. The Morgan fingerprint density at radius 2 is 2.17 bits per heavy atom. The van der Waals surface area contributed by atoms with Gasteiger partial charge in [0.15, 0.2) is 17.6 Å². The van der Waals surface area contributed by atoms with Crippen LogP contribution < -0.4 is 0 Å². The molecule has 1 saturated heterocycles. The second-order valence-electron chi connectivity index (χ2n) is 3.15. The molecule has 0 aromatic carbocycles. The molecule has 2 atom stereocenters. The van der Waals surface area contributed by atoms with Crippen LogP contribution in [0.5, 0.6) is 0 Å². The fourth-order valence-electron chi connectivity index (χ4n) is 1.49. The lowest BCUT2D eigenvalue weighted by Crippen LogP contribution is -2.15. The Hall–Kier alpha value is -0.960. The van der Waals surface area contributed by atoms with Gasteiger partial charge in [-0.1, -0.05) is 0 Å². The largest absolute Gasteiger partial charge is 0.494 e. The molecule has 1 heterocycles. The Labute approximate surface area is 71.6 Å². The third-order valence-electron chi connectivity index (χ3n) is 2.32. The first-order valence-corrected chi connectivity index (χ1v) is 3.90. The number of epoxide rings is 1. The van der Waals surface area contributed by atoms with Gasteiger partial charge in [-0.05, 0) is 19.1 Å². The van der Waals surface area contributed by atoms with Crippen LogP contribution in [-0.2, 0) is 14.2 Å². The van der Waals surface area contributed by atoms with E-state index in [1.807, 2.05) is 19.1 Å². The summed E-state index contributed by atoms with van der Waals surface area (Å²) >= 11 is 0. The summed E-state index contributed by atoms with van der Waals surface area (Å²) < 4.78 is 15.8. The van der Waals surface area contributed by atoms with Crippen LogP contribution in [0.1, 0.15) is 6.92 Å². The number of allylic oxidation sites excluding steroid dienone is 1. The van der Waals surface area contributed by atoms with Gasteiger partial charge in [-0.15, -0.1) is 0 Å². The number of fused-ring (bicyclic) bond motifs is 1. The topological polar surface area (TPSA) is 31.0 Å². The van der Waals surface area contributed by atoms with Gasteiger partial charge in [0.25, 0.3) is 0 Å². The lowest BCUT2D eigenvalue weighted by molar-refractivity contribution is 0.206. The van der Waals surface area contributed by atoms with Gasteiger partial charge in [0.05, 0.1) is 14.2 Å². The molecule has 1 fully saturated rings. The second-order valence-corrected chi connectivity index (χ2v) is 3.15. The normalized spacial score (nSPS) is 37.8. The molecule has 0 radical (unpaired) electrons. The molecule has 2 aliphatic rings. The zero-order valence-electron chi connectivity index (χ0n) is 7.46. The Kier molecular flexibility index (Phi) is 1.45. The average molecular weight is 168 g/mol. The fraction of sp³-hybridized carbons (Fsp3) is 0.556. The molecule has 3 heteroatoms. The van der Waals surface area contributed by atoms with Gasteiger partial charge in [0.1, 0.15) is 5.60 Å². The molecule has 2 unspecified atom stereocenters. The van der Waals surface area contributed by atoms with Gasteiger partial charge in [0, 0.05) is 0 Å². The van der Waals surface area contributed by atoms with E-state index in [1.54, 1.807) is 14.2 Å². The monoisotopic (exact) mass is 168 g/mol. The van der Waals surface area contributed by atoms with Gasteiger partial charge in [0.2, 0.25) is 0 Å². The summed E-state index contributed by atoms with van der Waals surface area (Å²) in [5.74, 6) is 1.56. The van der Waals surface area contributed by atoms with Gasteiger partial charge < -0.3 is 14.2 Å². The SMILES string of the molecule is COC1=C(OC)C2OC2(C)C=C1. The van der Waals surface area contributed by atoms with Crippen LogP contribution in [0, 0.1) is 0 Å². The lowest BCUT2D eigenvalue weighted by Gasteiger charge is -2.12. The number of rotatable bonds is 2. The van der Waals surface area contributed by atoms with Crippen molar-refractivity contribution in [3.8, 4) is 0 Å². The van der Waals surface area contributed by atoms with Gasteiger partial charge in [-0.25, -0.2) is 0 Å². The minimum absolute atomic E-state index is 0.0578. The Morgan fingerprint density at radius 1 is 1.42 bits per heavy atom. The van der Waals surface area contributed by atoms with Gasteiger partial charge in [-0.3, -0.25) is 0 Å². The summed E-state index contributed by atoms with van der Waals surface area (Å²) in [5, 5.41) is 0. The van der Waals surface area contributed by atoms with Crippen LogP contribution in [0.4, 0.5) is 0 Å². The number of methoxy groups -OCH3 is 2. The zero-order chi connectivity index (χ0) is 8.77. The first-order valence-electron chi connectivity index (χ1n) is 3.90. The average Bonchev–Trinajstić information content (AvgIpc) is 2.74. The summed E-state index contributed by atoms with van der Waals surface area (Å²) in [4.78, 5) is 0. The van der Waals surface area contributed by atoms with E-state index in [2.05, 4.69) is 0 Å². The number of ether oxygens (including phenoxy) is 3. The van der Waals surface area contributed by atoms with E-state index in [1.165, 1.54) is 0 Å². The first-order chi connectivity index (χ1) is 5.71. The molecule has 0 aromatic heterocycles. The standard InChI is InChI=1S/C9H12O3/c1-9-5-4-6(10-2)7(11-3)8(9)12-9/h4-5,8H,1-3H3. The Morgan fingerprint density at radius 3 is 2.75 bits per heavy atom. The van der Waals surface area contributed by atoms with Crippen molar-refractivity contribution in [2.75, 3.05) is 14.2 Å². The van der Waals surface area contributed by atoms with Crippen molar-refractivity contribution in [3.05, 3.63) is 23.7 Å². The summed E-state index contributed by atoms with van der Waals surface area (Å²) in [6.07, 6.45) is 3.95. The van der Waals surface area contributed by atoms with Gasteiger partial charge >= 0.3 is 0 Å². The summed E-state index contributed by atoms with van der Waals surface area (Å²) in [6.45, 7) is 2.03. The van der Waals surface area contributed by atoms with E-state index >= 15 is 0 Å². The zero-order valence-corrected chi connectivity index (χ0v) is 7.46. The van der Waals surface area contributed by atoms with Crippen molar-refractivity contribution in [1.29, 1.82) is 0 Å². The molecule has 0 spiro atoms. The predicted molar refractivity (Wildman–Crippen MR) is 43.5 cm³/mol. The molecule has 3 nitrogen and oxygen atoms in total. The van der Waals surface area contributed by atoms with E-state index in [4.69, 9.17) is 14.2 Å². The molecule has 1 aliphatic heterocycles. The van der Waals surface area contributed by atoms with E-state index in [9.17, 15) is 0 Å². The van der Waals surface area contributed by atoms with Crippen LogP contribution in [0.25, 0.3) is 0 Å². The maximum Gasteiger partial charge on any atom is 0.169 e. The van der Waals surface area contributed by atoms with Crippen LogP contribution in [0.2, 0.25) is 0 Å². The third-order valence-corrected chi connectivity index (χ3v) is 2.32. The maximum atomic E-state index is 5.45. The third kappa shape index (κ3) is 0.862. The highest BCUT2D eigenvalue weighted by Gasteiger charge is 2.56. The molecule has 66 valence electrons. The van der Waals surface area contributed by atoms with Crippen LogP contribution >= 0.6 is 0 Å². The molecular weight excluding hydrogens is 156 g/mol. The summed E-state index contributed by atoms with van der Waals surface area (Å²) in [6, 6.07) is 0. The minimum atomic E-state index is -0.145. The molecule has 0 saturated carbocycles. The predicted octanol–water partition coefficient (Wildman–Crippen LogP) is 1.22. The first kappa shape index (κ1) is 7.68. The highest BCUT2D eigenvalue weighted by molar-refractivity contribution is 5.37. The molecule has 0 aromatic rings. The Bertz CT molecular complexity index is 267. The van der Waals surface area contributed by atoms with Crippen LogP contribution in [0.15, 0.2) is 23.7 Å². The molecule has 12 heavy (non-hydrogen) atoms. The molecule has 0 bridgehead atoms. The highest BCUT2D eigenvalue weighted by Crippen LogP contribution is 2.46. The fourth-order valence-corrected chi connectivity index (χ4v) is 1.49. The second kappa shape index (κ2) is 2.26. The van der Waals surface area contributed by atoms with Crippen molar-refractivity contribution in [2.24, 2.45) is 0 Å². The van der Waals surface area contributed by atoms with Crippen molar-refractivity contribution in [2.45, 2.75) is 18.6 Å². The van der Waals surface area contributed by atoms with Crippen molar-refractivity contribution < 1.29 is 14.2 Å². The molecule has 0 N–H and O–H groups in total. The number of hydrogen-bond acceptors (Lipinski definition) is 3. The number of hydrogen-bond donors (Lipinski definition) is 0. The van der Waals surface area contributed by atoms with Crippen LogP contribution in [0.3, 0.4) is 0 Å². The Balaban J connectivity index is 2.31. The van der Waals surface area contributed by atoms with E-state index in [0.717, 1.165) is 11.5 Å². The maximum absolute atomic E-state index is 5.45. The van der Waals surface area contributed by atoms with Crippen molar-refractivity contribution in [3.63, 3.8) is 0 Å². The lowest BCUT2D eigenvalue weighted by atomic mass is 10.0. The van der Waals surface area contributed by atoms with E-state index in [0.29, 0.717) is 0 Å². The smallest absolute Gasteiger partial charge is 0.169 e. The van der Waals surface area contributed by atoms with Crippen molar-refractivity contribution in [1.82, 2.24) is 0 Å². The molecule has 2 rings (SSSR count). The molecule has 0 amide bonds. The molecular formula is C9H12O3. The van der Waals surface area contributed by atoms with E-state index < -0.39 is 0 Å².